The summed E-state index contributed by atoms with van der Waals surface area (Å²) < 4.78 is 1.71. The van der Waals surface area contributed by atoms with E-state index in [0.29, 0.717) is 11.6 Å². The van der Waals surface area contributed by atoms with Crippen LogP contribution in [0.3, 0.4) is 0 Å². The molecule has 0 aromatic carbocycles. The minimum absolute atomic E-state index is 0.0426. The van der Waals surface area contributed by atoms with E-state index in [1.807, 2.05) is 6.92 Å². The fraction of sp³-hybridized carbons (Fsp3) is 0.625. The van der Waals surface area contributed by atoms with Gasteiger partial charge in [-0.15, -0.1) is 0 Å². The molecule has 0 spiro atoms. The summed E-state index contributed by atoms with van der Waals surface area (Å²) >= 11 is 5.70. The molecule has 1 heterocycles. The number of aliphatic hydroxyl groups is 1. The number of halogens is 1. The monoisotopic (exact) mass is 203 g/mol. The number of aromatic nitrogens is 2. The van der Waals surface area contributed by atoms with Crippen LogP contribution in [-0.4, -0.2) is 34.1 Å². The molecule has 0 aliphatic heterocycles. The lowest BCUT2D eigenvalue weighted by Crippen LogP contribution is -2.36. The van der Waals surface area contributed by atoms with Gasteiger partial charge in [0.25, 0.3) is 0 Å². The molecule has 0 fully saturated rings. The van der Waals surface area contributed by atoms with E-state index in [1.165, 1.54) is 0 Å². The molecule has 4 nitrogen and oxygen atoms in total. The molecule has 0 aliphatic rings. The highest BCUT2D eigenvalue weighted by Crippen LogP contribution is 2.04. The van der Waals surface area contributed by atoms with Crippen LogP contribution >= 0.6 is 11.6 Å². The van der Waals surface area contributed by atoms with Crippen molar-refractivity contribution in [1.82, 2.24) is 15.1 Å². The van der Waals surface area contributed by atoms with Crippen molar-refractivity contribution in [3.05, 3.63) is 17.4 Å². The fourth-order valence-electron chi connectivity index (χ4n) is 1.14. The normalized spacial score (nSPS) is 13.2. The molecule has 0 bridgehead atoms. The highest BCUT2D eigenvalue weighted by molar-refractivity contribution is 6.30. The SMILES string of the molecule is CCNC(CO)Cn1cc(Cl)cn1. The van der Waals surface area contributed by atoms with Crippen molar-refractivity contribution >= 4 is 11.6 Å². The van der Waals surface area contributed by atoms with Crippen LogP contribution in [0.5, 0.6) is 0 Å². The Balaban J connectivity index is 2.46. The largest absolute Gasteiger partial charge is 0.395 e. The second kappa shape index (κ2) is 5.21. The second-order valence-corrected chi connectivity index (χ2v) is 3.25. The molecule has 5 heteroatoms. The Labute approximate surface area is 82.5 Å². The van der Waals surface area contributed by atoms with Crippen LogP contribution < -0.4 is 5.32 Å². The number of rotatable bonds is 5. The topological polar surface area (TPSA) is 50.1 Å². The van der Waals surface area contributed by atoms with Gasteiger partial charge in [-0.2, -0.15) is 5.10 Å². The van der Waals surface area contributed by atoms with Gasteiger partial charge in [0.2, 0.25) is 0 Å². The van der Waals surface area contributed by atoms with Crippen molar-refractivity contribution in [2.24, 2.45) is 0 Å². The third kappa shape index (κ3) is 3.34. The van der Waals surface area contributed by atoms with Crippen molar-refractivity contribution in [1.29, 1.82) is 0 Å². The predicted molar refractivity (Wildman–Crippen MR) is 51.8 cm³/mol. The Morgan fingerprint density at radius 3 is 3.00 bits per heavy atom. The van der Waals surface area contributed by atoms with Crippen LogP contribution in [0.4, 0.5) is 0 Å². The van der Waals surface area contributed by atoms with Crippen molar-refractivity contribution in [2.75, 3.05) is 13.2 Å². The molecule has 1 aromatic rings. The second-order valence-electron chi connectivity index (χ2n) is 2.82. The summed E-state index contributed by atoms with van der Waals surface area (Å²) in [4.78, 5) is 0. The van der Waals surface area contributed by atoms with Gasteiger partial charge < -0.3 is 10.4 Å². The molecule has 74 valence electrons. The molecule has 0 saturated heterocycles. The van der Waals surface area contributed by atoms with E-state index in [1.54, 1.807) is 17.1 Å². The Morgan fingerprint density at radius 1 is 1.77 bits per heavy atom. The smallest absolute Gasteiger partial charge is 0.0785 e. The number of nitrogens with one attached hydrogen (secondary N) is 1. The van der Waals surface area contributed by atoms with Crippen molar-refractivity contribution in [3.8, 4) is 0 Å². The average molecular weight is 204 g/mol. The maximum atomic E-state index is 8.99. The first kappa shape index (κ1) is 10.5. The van der Waals surface area contributed by atoms with Gasteiger partial charge in [-0.05, 0) is 6.54 Å². The summed E-state index contributed by atoms with van der Waals surface area (Å²) in [5.41, 5.74) is 0. The van der Waals surface area contributed by atoms with E-state index < -0.39 is 0 Å². The average Bonchev–Trinajstić information content (AvgIpc) is 2.50. The zero-order chi connectivity index (χ0) is 9.68. The van der Waals surface area contributed by atoms with Crippen molar-refractivity contribution in [2.45, 2.75) is 19.5 Å². The number of hydrogen-bond donors (Lipinski definition) is 2. The van der Waals surface area contributed by atoms with Crippen LogP contribution in [0.15, 0.2) is 12.4 Å². The summed E-state index contributed by atoms with van der Waals surface area (Å²) in [5.74, 6) is 0. The molecular formula is C8H14ClN3O. The van der Waals surface area contributed by atoms with Crippen LogP contribution in [0.1, 0.15) is 6.92 Å². The number of aliphatic hydroxyl groups excluding tert-OH is 1. The van der Waals surface area contributed by atoms with Crippen LogP contribution in [0, 0.1) is 0 Å². The van der Waals surface area contributed by atoms with Crippen LogP contribution in [0.2, 0.25) is 5.02 Å². The van der Waals surface area contributed by atoms with E-state index >= 15 is 0 Å². The Morgan fingerprint density at radius 2 is 2.54 bits per heavy atom. The van der Waals surface area contributed by atoms with Gasteiger partial charge in [-0.1, -0.05) is 18.5 Å². The zero-order valence-corrected chi connectivity index (χ0v) is 8.33. The van der Waals surface area contributed by atoms with Gasteiger partial charge in [0.15, 0.2) is 0 Å². The first-order valence-corrected chi connectivity index (χ1v) is 4.66. The maximum Gasteiger partial charge on any atom is 0.0785 e. The van der Waals surface area contributed by atoms with E-state index in [2.05, 4.69) is 10.4 Å². The number of hydrogen-bond acceptors (Lipinski definition) is 3. The van der Waals surface area contributed by atoms with Gasteiger partial charge >= 0.3 is 0 Å². The Kier molecular flexibility index (Phi) is 4.21. The lowest BCUT2D eigenvalue weighted by atomic mass is 10.3. The van der Waals surface area contributed by atoms with Crippen LogP contribution in [-0.2, 0) is 6.54 Å². The quantitative estimate of drug-likeness (QED) is 0.733. The Hall–Kier alpha value is -0.580. The molecular weight excluding hydrogens is 190 g/mol. The molecule has 0 aliphatic carbocycles. The van der Waals surface area contributed by atoms with Crippen molar-refractivity contribution in [3.63, 3.8) is 0 Å². The third-order valence-corrected chi connectivity index (χ3v) is 1.92. The summed E-state index contributed by atoms with van der Waals surface area (Å²) in [6.45, 7) is 3.57. The highest BCUT2D eigenvalue weighted by Gasteiger charge is 2.06. The molecule has 1 aromatic heterocycles. The lowest BCUT2D eigenvalue weighted by Gasteiger charge is -2.14. The standard InChI is InChI=1S/C8H14ClN3O/c1-2-10-8(6-13)5-12-4-7(9)3-11-12/h3-4,8,10,13H,2,5-6H2,1H3. The van der Waals surface area contributed by atoms with E-state index in [9.17, 15) is 0 Å². The Bertz CT molecular complexity index is 251. The molecule has 0 amide bonds. The van der Waals surface area contributed by atoms with Gasteiger partial charge in [0.05, 0.1) is 24.4 Å². The number of likely N-dealkylation sites (N-methyl/N-ethyl adjacent to an activating group) is 1. The first-order valence-electron chi connectivity index (χ1n) is 4.28. The molecule has 1 atom stereocenters. The van der Waals surface area contributed by atoms with Gasteiger partial charge in [-0.3, -0.25) is 4.68 Å². The van der Waals surface area contributed by atoms with Gasteiger partial charge in [0, 0.05) is 12.2 Å². The minimum atomic E-state index is 0.0426. The van der Waals surface area contributed by atoms with Gasteiger partial charge in [-0.25, -0.2) is 0 Å². The van der Waals surface area contributed by atoms with E-state index in [0.717, 1.165) is 6.54 Å². The maximum absolute atomic E-state index is 8.99. The van der Waals surface area contributed by atoms with Gasteiger partial charge in [0.1, 0.15) is 0 Å². The fourth-order valence-corrected chi connectivity index (χ4v) is 1.30. The summed E-state index contributed by atoms with van der Waals surface area (Å²) in [6.07, 6.45) is 3.32. The lowest BCUT2D eigenvalue weighted by molar-refractivity contribution is 0.227. The summed E-state index contributed by atoms with van der Waals surface area (Å²) in [5, 5.41) is 16.8. The molecule has 2 N–H and O–H groups in total. The zero-order valence-electron chi connectivity index (χ0n) is 7.57. The first-order chi connectivity index (χ1) is 6.26. The van der Waals surface area contributed by atoms with Crippen molar-refractivity contribution < 1.29 is 5.11 Å². The third-order valence-electron chi connectivity index (χ3n) is 1.72. The highest BCUT2D eigenvalue weighted by atomic mass is 35.5. The molecule has 1 rings (SSSR count). The van der Waals surface area contributed by atoms with Crippen LogP contribution in [0.25, 0.3) is 0 Å². The predicted octanol–water partition coefficient (Wildman–Crippen LogP) is 0.507. The summed E-state index contributed by atoms with van der Waals surface area (Å²) in [7, 11) is 0. The molecule has 13 heavy (non-hydrogen) atoms. The minimum Gasteiger partial charge on any atom is -0.395 e. The molecule has 0 radical (unpaired) electrons. The molecule has 0 saturated carbocycles. The summed E-state index contributed by atoms with van der Waals surface area (Å²) in [6, 6.07) is 0.0426. The van der Waals surface area contributed by atoms with E-state index in [-0.39, 0.29) is 12.6 Å². The molecule has 1 unspecified atom stereocenters. The number of nitrogens with zero attached hydrogens (tertiary/aromatic N) is 2. The van der Waals surface area contributed by atoms with E-state index in [4.69, 9.17) is 16.7 Å².